The highest BCUT2D eigenvalue weighted by molar-refractivity contribution is 4.90. The molecule has 0 aromatic carbocycles. The molecule has 2 rings (SSSR count). The maximum atomic E-state index is 5.57. The van der Waals surface area contributed by atoms with E-state index in [4.69, 9.17) is 4.74 Å². The molecule has 14 heavy (non-hydrogen) atoms. The van der Waals surface area contributed by atoms with Crippen molar-refractivity contribution in [1.29, 1.82) is 0 Å². The molecule has 2 aliphatic rings. The highest BCUT2D eigenvalue weighted by Crippen LogP contribution is 2.37. The van der Waals surface area contributed by atoms with Crippen LogP contribution < -0.4 is 5.32 Å². The molecule has 1 N–H and O–H groups in total. The van der Waals surface area contributed by atoms with E-state index in [-0.39, 0.29) is 0 Å². The fourth-order valence-corrected chi connectivity index (χ4v) is 2.83. The molecule has 0 spiro atoms. The van der Waals surface area contributed by atoms with Crippen LogP contribution in [0.1, 0.15) is 46.5 Å². The van der Waals surface area contributed by atoms with Gasteiger partial charge in [0.15, 0.2) is 0 Å². The van der Waals surface area contributed by atoms with Gasteiger partial charge in [-0.15, -0.1) is 0 Å². The third kappa shape index (κ3) is 2.29. The van der Waals surface area contributed by atoms with E-state index in [1.807, 2.05) is 0 Å². The zero-order valence-corrected chi connectivity index (χ0v) is 9.68. The largest absolute Gasteiger partial charge is 0.377 e. The Morgan fingerprint density at radius 3 is 2.57 bits per heavy atom. The first-order chi connectivity index (χ1) is 6.57. The first-order valence-electron chi connectivity index (χ1n) is 5.94. The molecule has 1 saturated carbocycles. The second kappa shape index (κ2) is 3.82. The minimum atomic E-state index is 0.415. The Kier molecular flexibility index (Phi) is 2.85. The molecule has 2 fully saturated rings. The van der Waals surface area contributed by atoms with Gasteiger partial charge in [-0.05, 0) is 38.0 Å². The summed E-state index contributed by atoms with van der Waals surface area (Å²) in [4.78, 5) is 0. The summed E-state index contributed by atoms with van der Waals surface area (Å²) >= 11 is 0. The molecule has 1 aliphatic heterocycles. The summed E-state index contributed by atoms with van der Waals surface area (Å²) in [5.41, 5.74) is 0.556. The molecule has 0 radical (unpaired) electrons. The lowest BCUT2D eigenvalue weighted by Crippen LogP contribution is -2.41. The quantitative estimate of drug-likeness (QED) is 0.733. The van der Waals surface area contributed by atoms with Crippen LogP contribution in [0.5, 0.6) is 0 Å². The first-order valence-corrected chi connectivity index (χ1v) is 5.94. The van der Waals surface area contributed by atoms with Crippen molar-refractivity contribution in [2.24, 2.45) is 5.41 Å². The van der Waals surface area contributed by atoms with E-state index in [1.165, 1.54) is 25.7 Å². The Bertz CT molecular complexity index is 202. The lowest BCUT2D eigenvalue weighted by Gasteiger charge is -2.23. The summed E-state index contributed by atoms with van der Waals surface area (Å²) in [5.74, 6) is 0. The number of rotatable bonds is 2. The number of hydrogen-bond donors (Lipinski definition) is 1. The van der Waals surface area contributed by atoms with Gasteiger partial charge in [-0.1, -0.05) is 13.8 Å². The zero-order chi connectivity index (χ0) is 10.2. The van der Waals surface area contributed by atoms with Crippen LogP contribution in [0, 0.1) is 5.41 Å². The second-order valence-electron chi connectivity index (χ2n) is 5.74. The topological polar surface area (TPSA) is 21.3 Å². The van der Waals surface area contributed by atoms with Crippen LogP contribution in [0.15, 0.2) is 0 Å². The van der Waals surface area contributed by atoms with Crippen molar-refractivity contribution in [2.75, 3.05) is 6.61 Å². The van der Waals surface area contributed by atoms with Gasteiger partial charge in [0.2, 0.25) is 0 Å². The van der Waals surface area contributed by atoms with Crippen LogP contribution in [-0.4, -0.2) is 24.8 Å². The van der Waals surface area contributed by atoms with Crippen LogP contribution in [0.2, 0.25) is 0 Å². The second-order valence-corrected chi connectivity index (χ2v) is 5.74. The summed E-state index contributed by atoms with van der Waals surface area (Å²) < 4.78 is 5.57. The first kappa shape index (κ1) is 10.4. The minimum absolute atomic E-state index is 0.415. The van der Waals surface area contributed by atoms with E-state index in [9.17, 15) is 0 Å². The predicted octanol–water partition coefficient (Wildman–Crippen LogP) is 2.33. The molecule has 0 bridgehead atoms. The molecule has 1 aliphatic carbocycles. The third-order valence-electron chi connectivity index (χ3n) is 3.79. The van der Waals surface area contributed by atoms with Crippen LogP contribution >= 0.6 is 0 Å². The number of ether oxygens (including phenoxy) is 1. The zero-order valence-electron chi connectivity index (χ0n) is 9.68. The number of hydrogen-bond acceptors (Lipinski definition) is 2. The highest BCUT2D eigenvalue weighted by atomic mass is 16.5. The van der Waals surface area contributed by atoms with Crippen molar-refractivity contribution in [3.63, 3.8) is 0 Å². The highest BCUT2D eigenvalue weighted by Gasteiger charge is 2.34. The van der Waals surface area contributed by atoms with Gasteiger partial charge in [-0.25, -0.2) is 0 Å². The maximum absolute atomic E-state index is 5.57. The molecule has 1 heterocycles. The molecule has 1 saturated heterocycles. The molecule has 1 unspecified atom stereocenters. The number of nitrogens with one attached hydrogen (secondary N) is 1. The lowest BCUT2D eigenvalue weighted by atomic mass is 9.91. The van der Waals surface area contributed by atoms with Crippen LogP contribution in [0.3, 0.4) is 0 Å². The van der Waals surface area contributed by atoms with Crippen molar-refractivity contribution in [1.82, 2.24) is 5.32 Å². The Hall–Kier alpha value is -0.0800. The summed E-state index contributed by atoms with van der Waals surface area (Å²) in [7, 11) is 0. The molecular formula is C12H23NO. The summed E-state index contributed by atoms with van der Waals surface area (Å²) in [6.45, 7) is 7.88. The molecular weight excluding hydrogens is 174 g/mol. The summed E-state index contributed by atoms with van der Waals surface area (Å²) in [6, 6.07) is 1.34. The van der Waals surface area contributed by atoms with Gasteiger partial charge in [0.05, 0.1) is 6.10 Å². The Morgan fingerprint density at radius 2 is 2.07 bits per heavy atom. The van der Waals surface area contributed by atoms with Gasteiger partial charge < -0.3 is 10.1 Å². The molecule has 3 atom stereocenters. The van der Waals surface area contributed by atoms with Gasteiger partial charge in [0, 0.05) is 18.7 Å². The third-order valence-corrected chi connectivity index (χ3v) is 3.79. The monoisotopic (exact) mass is 197 g/mol. The minimum Gasteiger partial charge on any atom is -0.377 e. The smallest absolute Gasteiger partial charge is 0.0700 e. The van der Waals surface area contributed by atoms with Gasteiger partial charge in [-0.3, -0.25) is 0 Å². The SMILES string of the molecule is C[C@H]1OCC[C@H]1NC1CCC(C)(C)C1. The van der Waals surface area contributed by atoms with Crippen LogP contribution in [-0.2, 0) is 4.74 Å². The Morgan fingerprint density at radius 1 is 1.29 bits per heavy atom. The predicted molar refractivity (Wildman–Crippen MR) is 58.4 cm³/mol. The van der Waals surface area contributed by atoms with E-state index < -0.39 is 0 Å². The molecule has 82 valence electrons. The van der Waals surface area contributed by atoms with Crippen molar-refractivity contribution >= 4 is 0 Å². The van der Waals surface area contributed by atoms with E-state index in [0.29, 0.717) is 17.6 Å². The van der Waals surface area contributed by atoms with Gasteiger partial charge in [0.25, 0.3) is 0 Å². The molecule has 2 nitrogen and oxygen atoms in total. The Balaban J connectivity index is 1.81. The normalized spacial score (nSPS) is 41.8. The lowest BCUT2D eigenvalue weighted by molar-refractivity contribution is 0.110. The van der Waals surface area contributed by atoms with Crippen molar-refractivity contribution in [3.8, 4) is 0 Å². The standard InChI is InChI=1S/C12H23NO/c1-9-11(5-7-14-9)13-10-4-6-12(2,3)8-10/h9-11,13H,4-8H2,1-3H3/t9-,10?,11-/m1/s1. The Labute approximate surface area is 87.4 Å². The van der Waals surface area contributed by atoms with Gasteiger partial charge >= 0.3 is 0 Å². The van der Waals surface area contributed by atoms with E-state index >= 15 is 0 Å². The van der Waals surface area contributed by atoms with Gasteiger partial charge in [-0.2, -0.15) is 0 Å². The maximum Gasteiger partial charge on any atom is 0.0700 e. The average molecular weight is 197 g/mol. The molecule has 0 amide bonds. The fraction of sp³-hybridized carbons (Fsp3) is 1.00. The van der Waals surface area contributed by atoms with Crippen molar-refractivity contribution in [2.45, 2.75) is 64.6 Å². The molecule has 0 aromatic heterocycles. The summed E-state index contributed by atoms with van der Waals surface area (Å²) in [5, 5.41) is 3.76. The van der Waals surface area contributed by atoms with Gasteiger partial charge in [0.1, 0.15) is 0 Å². The van der Waals surface area contributed by atoms with E-state index in [0.717, 1.165) is 12.6 Å². The van der Waals surface area contributed by atoms with Crippen molar-refractivity contribution < 1.29 is 4.74 Å². The van der Waals surface area contributed by atoms with E-state index in [1.54, 1.807) is 0 Å². The molecule has 0 aromatic rings. The van der Waals surface area contributed by atoms with Crippen LogP contribution in [0.25, 0.3) is 0 Å². The van der Waals surface area contributed by atoms with E-state index in [2.05, 4.69) is 26.1 Å². The fourth-order valence-electron chi connectivity index (χ4n) is 2.83. The molecule has 2 heteroatoms. The average Bonchev–Trinajstić information content (AvgIpc) is 2.61. The van der Waals surface area contributed by atoms with Crippen molar-refractivity contribution in [3.05, 3.63) is 0 Å². The summed E-state index contributed by atoms with van der Waals surface area (Å²) in [6.07, 6.45) is 5.65. The van der Waals surface area contributed by atoms with Crippen LogP contribution in [0.4, 0.5) is 0 Å².